The second-order valence-corrected chi connectivity index (χ2v) is 9.24. The summed E-state index contributed by atoms with van der Waals surface area (Å²) in [6.07, 6.45) is 2.27. The van der Waals surface area contributed by atoms with Crippen LogP contribution in [0, 0.1) is 0 Å². The van der Waals surface area contributed by atoms with Crippen molar-refractivity contribution < 1.29 is 9.47 Å². The van der Waals surface area contributed by atoms with Gasteiger partial charge in [0.15, 0.2) is 11.5 Å². The third-order valence-electron chi connectivity index (χ3n) is 5.53. The maximum absolute atomic E-state index is 5.59. The van der Waals surface area contributed by atoms with E-state index in [1.807, 2.05) is 11.3 Å². The minimum absolute atomic E-state index is 0.201. The van der Waals surface area contributed by atoms with Crippen molar-refractivity contribution in [2.45, 2.75) is 57.5 Å². The number of hydrogen-bond donors (Lipinski definition) is 1. The van der Waals surface area contributed by atoms with Crippen molar-refractivity contribution in [2.24, 2.45) is 0 Å². The molecule has 3 nitrogen and oxygen atoms in total. The number of fused-ring (bicyclic) bond motifs is 5. The lowest BCUT2D eigenvalue weighted by atomic mass is 9.75. The molecule has 1 aliphatic carbocycles. The third-order valence-corrected chi connectivity index (χ3v) is 7.21. The van der Waals surface area contributed by atoms with E-state index in [2.05, 4.69) is 44.3 Å². The lowest BCUT2D eigenvalue weighted by Crippen LogP contribution is -2.41. The SMILES string of the molecule is COc1cc2c(cc1OC)[C@@H]1c3sc(C(C)(C)C)cc3CN[C@H]1CC2. The number of nitrogens with one attached hydrogen (secondary N) is 1. The fraction of sp³-hybridized carbons (Fsp3) is 0.524. The molecular formula is C21H27NO2S. The first-order valence-electron chi connectivity index (χ1n) is 9.03. The van der Waals surface area contributed by atoms with Crippen molar-refractivity contribution in [2.75, 3.05) is 14.2 Å². The number of ether oxygens (including phenoxy) is 2. The van der Waals surface area contributed by atoms with E-state index in [1.54, 1.807) is 19.1 Å². The summed E-state index contributed by atoms with van der Waals surface area (Å²) in [5, 5.41) is 3.78. The van der Waals surface area contributed by atoms with Crippen LogP contribution in [0.3, 0.4) is 0 Å². The summed E-state index contributed by atoms with van der Waals surface area (Å²) in [7, 11) is 3.43. The summed E-state index contributed by atoms with van der Waals surface area (Å²) in [4.78, 5) is 3.02. The molecule has 1 aromatic heterocycles. The Labute approximate surface area is 154 Å². The van der Waals surface area contributed by atoms with Crippen LogP contribution in [0.1, 0.15) is 59.6 Å². The first kappa shape index (κ1) is 16.9. The molecule has 2 heterocycles. The van der Waals surface area contributed by atoms with E-state index in [4.69, 9.17) is 9.47 Å². The van der Waals surface area contributed by atoms with Gasteiger partial charge in [-0.15, -0.1) is 11.3 Å². The van der Waals surface area contributed by atoms with Gasteiger partial charge in [0.1, 0.15) is 0 Å². The predicted molar refractivity (Wildman–Crippen MR) is 103 cm³/mol. The maximum Gasteiger partial charge on any atom is 0.161 e. The van der Waals surface area contributed by atoms with Crippen molar-refractivity contribution in [3.8, 4) is 11.5 Å². The molecule has 0 bridgehead atoms. The van der Waals surface area contributed by atoms with Gasteiger partial charge in [0, 0.05) is 28.3 Å². The Morgan fingerprint density at radius 2 is 1.76 bits per heavy atom. The van der Waals surface area contributed by atoms with Crippen LogP contribution in [0.5, 0.6) is 11.5 Å². The van der Waals surface area contributed by atoms with E-state index in [0.29, 0.717) is 12.0 Å². The van der Waals surface area contributed by atoms with Crippen LogP contribution in [0.2, 0.25) is 0 Å². The first-order valence-corrected chi connectivity index (χ1v) is 9.85. The molecule has 0 radical (unpaired) electrons. The van der Waals surface area contributed by atoms with Crippen LogP contribution in [0.4, 0.5) is 0 Å². The Hall–Kier alpha value is -1.52. The number of benzene rings is 1. The number of aryl methyl sites for hydroxylation is 1. The zero-order chi connectivity index (χ0) is 17.8. The number of rotatable bonds is 2. The monoisotopic (exact) mass is 357 g/mol. The van der Waals surface area contributed by atoms with Gasteiger partial charge in [0.2, 0.25) is 0 Å². The zero-order valence-electron chi connectivity index (χ0n) is 15.7. The molecule has 1 aromatic carbocycles. The van der Waals surface area contributed by atoms with Crippen LogP contribution in [-0.4, -0.2) is 20.3 Å². The van der Waals surface area contributed by atoms with E-state index >= 15 is 0 Å². The van der Waals surface area contributed by atoms with Gasteiger partial charge in [0.05, 0.1) is 14.2 Å². The largest absolute Gasteiger partial charge is 0.493 e. The molecular weight excluding hydrogens is 330 g/mol. The van der Waals surface area contributed by atoms with Crippen LogP contribution in [0.15, 0.2) is 18.2 Å². The Morgan fingerprint density at radius 1 is 1.04 bits per heavy atom. The minimum atomic E-state index is 0.201. The Bertz CT molecular complexity index is 803. The van der Waals surface area contributed by atoms with Crippen LogP contribution < -0.4 is 14.8 Å². The summed E-state index contributed by atoms with van der Waals surface area (Å²) in [5.74, 6) is 2.10. The van der Waals surface area contributed by atoms with Gasteiger partial charge >= 0.3 is 0 Å². The van der Waals surface area contributed by atoms with Gasteiger partial charge in [-0.2, -0.15) is 0 Å². The molecule has 0 fully saturated rings. The lowest BCUT2D eigenvalue weighted by Gasteiger charge is -2.38. The Balaban J connectivity index is 1.85. The van der Waals surface area contributed by atoms with Gasteiger partial charge in [0.25, 0.3) is 0 Å². The van der Waals surface area contributed by atoms with E-state index in [-0.39, 0.29) is 5.41 Å². The van der Waals surface area contributed by atoms with Crippen molar-refractivity contribution >= 4 is 11.3 Å². The highest BCUT2D eigenvalue weighted by molar-refractivity contribution is 7.12. The highest BCUT2D eigenvalue weighted by Crippen LogP contribution is 2.48. The van der Waals surface area contributed by atoms with Gasteiger partial charge in [-0.1, -0.05) is 20.8 Å². The summed E-state index contributed by atoms with van der Waals surface area (Å²) in [5.41, 5.74) is 4.48. The predicted octanol–water partition coefficient (Wildman–Crippen LogP) is 4.61. The topological polar surface area (TPSA) is 30.5 Å². The molecule has 2 atom stereocenters. The van der Waals surface area contributed by atoms with E-state index in [9.17, 15) is 0 Å². The summed E-state index contributed by atoms with van der Waals surface area (Å²) >= 11 is 2.00. The first-order chi connectivity index (χ1) is 11.9. The quantitative estimate of drug-likeness (QED) is 0.851. The molecule has 2 aromatic rings. The fourth-order valence-corrected chi connectivity index (χ4v) is 5.56. The average Bonchev–Trinajstić information content (AvgIpc) is 3.04. The summed E-state index contributed by atoms with van der Waals surface area (Å²) in [6, 6.07) is 7.32. The van der Waals surface area contributed by atoms with E-state index in [1.165, 1.54) is 28.0 Å². The molecule has 134 valence electrons. The second kappa shape index (κ2) is 6.03. The molecule has 2 aliphatic rings. The van der Waals surface area contributed by atoms with Gasteiger partial charge < -0.3 is 14.8 Å². The summed E-state index contributed by atoms with van der Waals surface area (Å²) < 4.78 is 11.1. The van der Waals surface area contributed by atoms with Gasteiger partial charge in [-0.05, 0) is 53.1 Å². The van der Waals surface area contributed by atoms with E-state index < -0.39 is 0 Å². The van der Waals surface area contributed by atoms with Crippen LogP contribution >= 0.6 is 11.3 Å². The molecule has 0 unspecified atom stereocenters. The van der Waals surface area contributed by atoms with Crippen LogP contribution in [-0.2, 0) is 18.4 Å². The average molecular weight is 358 g/mol. The number of hydrogen-bond acceptors (Lipinski definition) is 4. The molecule has 0 amide bonds. The number of thiophene rings is 1. The smallest absolute Gasteiger partial charge is 0.161 e. The van der Waals surface area contributed by atoms with Gasteiger partial charge in [-0.25, -0.2) is 0 Å². The maximum atomic E-state index is 5.59. The zero-order valence-corrected chi connectivity index (χ0v) is 16.5. The van der Waals surface area contributed by atoms with Crippen molar-refractivity contribution in [1.29, 1.82) is 0 Å². The molecule has 25 heavy (non-hydrogen) atoms. The standard InChI is InChI=1S/C21H27NO2S/c1-21(2,3)18-9-13-11-22-15-7-6-12-8-16(23-4)17(24-5)10-14(12)19(15)20(13)25-18/h8-10,15,19,22H,6-7,11H2,1-5H3/t15-,19-/m0/s1. The highest BCUT2D eigenvalue weighted by Gasteiger charge is 2.38. The summed E-state index contributed by atoms with van der Waals surface area (Å²) in [6.45, 7) is 7.90. The molecule has 0 saturated carbocycles. The fourth-order valence-electron chi connectivity index (χ4n) is 4.14. The molecule has 0 saturated heterocycles. The molecule has 0 spiro atoms. The normalized spacial score (nSPS) is 22.0. The van der Waals surface area contributed by atoms with Crippen molar-refractivity contribution in [3.05, 3.63) is 44.6 Å². The van der Waals surface area contributed by atoms with E-state index in [0.717, 1.165) is 24.5 Å². The molecule has 4 heteroatoms. The third kappa shape index (κ3) is 2.76. The van der Waals surface area contributed by atoms with Crippen molar-refractivity contribution in [3.63, 3.8) is 0 Å². The Kier molecular flexibility index (Phi) is 4.08. The molecule has 1 N–H and O–H groups in total. The highest BCUT2D eigenvalue weighted by atomic mass is 32.1. The number of methoxy groups -OCH3 is 2. The molecule has 1 aliphatic heterocycles. The van der Waals surface area contributed by atoms with Crippen LogP contribution in [0.25, 0.3) is 0 Å². The second-order valence-electron chi connectivity index (χ2n) is 8.16. The Morgan fingerprint density at radius 3 is 2.44 bits per heavy atom. The lowest BCUT2D eigenvalue weighted by molar-refractivity contribution is 0.349. The van der Waals surface area contributed by atoms with Gasteiger partial charge in [-0.3, -0.25) is 0 Å². The van der Waals surface area contributed by atoms with Crippen molar-refractivity contribution in [1.82, 2.24) is 5.32 Å². The minimum Gasteiger partial charge on any atom is -0.493 e. The molecule has 4 rings (SSSR count).